The molecule has 2 atom stereocenters. The molecule has 0 unspecified atom stereocenters. The maximum absolute atomic E-state index is 12.8. The van der Waals surface area contributed by atoms with Crippen molar-refractivity contribution in [2.75, 3.05) is 6.79 Å². The van der Waals surface area contributed by atoms with Crippen molar-refractivity contribution < 1.29 is 19.1 Å². The minimum Gasteiger partial charge on any atom is -0.454 e. The molecule has 0 spiro atoms. The number of hydrogen-bond acceptors (Lipinski definition) is 4. The Morgan fingerprint density at radius 1 is 1.08 bits per heavy atom. The molecule has 6 heteroatoms. The number of carbonyl (C=O) groups is 2. The van der Waals surface area contributed by atoms with Crippen LogP contribution in [0.2, 0.25) is 0 Å². The second-order valence-electron chi connectivity index (χ2n) is 6.11. The highest BCUT2D eigenvalue weighted by molar-refractivity contribution is 5.98. The number of para-hydroxylation sites is 1. The van der Waals surface area contributed by atoms with Crippen molar-refractivity contribution in [2.45, 2.75) is 24.9 Å². The van der Waals surface area contributed by atoms with E-state index in [4.69, 9.17) is 9.47 Å². The van der Waals surface area contributed by atoms with Crippen LogP contribution in [0.25, 0.3) is 0 Å². The van der Waals surface area contributed by atoms with Crippen LogP contribution in [-0.2, 0) is 4.79 Å². The minimum atomic E-state index is -0.250. The molecule has 2 aromatic rings. The van der Waals surface area contributed by atoms with Gasteiger partial charge in [0.1, 0.15) is 0 Å². The highest BCUT2D eigenvalue weighted by atomic mass is 16.7. The maximum Gasteiger partial charge on any atom is 0.255 e. The Labute approximate surface area is 145 Å². The van der Waals surface area contributed by atoms with Crippen molar-refractivity contribution in [3.8, 4) is 11.5 Å². The Morgan fingerprint density at radius 3 is 2.76 bits per heavy atom. The number of nitrogens with one attached hydrogen (secondary N) is 2. The zero-order chi connectivity index (χ0) is 17.2. The molecule has 2 heterocycles. The van der Waals surface area contributed by atoms with Crippen molar-refractivity contribution in [1.29, 1.82) is 0 Å². The van der Waals surface area contributed by atoms with E-state index in [1.807, 2.05) is 30.3 Å². The van der Waals surface area contributed by atoms with Gasteiger partial charge in [0, 0.05) is 6.42 Å². The Hall–Kier alpha value is -3.02. The quantitative estimate of drug-likeness (QED) is 0.899. The number of rotatable bonds is 3. The smallest absolute Gasteiger partial charge is 0.255 e. The highest BCUT2D eigenvalue weighted by Crippen LogP contribution is 2.35. The molecule has 0 bridgehead atoms. The van der Waals surface area contributed by atoms with Gasteiger partial charge in [-0.05, 0) is 24.1 Å². The molecule has 0 saturated carbocycles. The van der Waals surface area contributed by atoms with Crippen LogP contribution >= 0.6 is 0 Å². The van der Waals surface area contributed by atoms with Crippen LogP contribution in [0, 0.1) is 0 Å². The standard InChI is InChI=1S/C19H18N2O4/c22-16-10-9-14(17(21-16)12-5-2-1-3-6-12)20-19(23)13-7-4-8-15-18(13)25-11-24-15/h1-8,14,17H,9-11H2,(H,20,23)(H,21,22)/t14-,17+/m1/s1. The van der Waals surface area contributed by atoms with E-state index in [9.17, 15) is 9.59 Å². The predicted molar refractivity (Wildman–Crippen MR) is 90.4 cm³/mol. The molecule has 1 saturated heterocycles. The lowest BCUT2D eigenvalue weighted by atomic mass is 9.91. The van der Waals surface area contributed by atoms with Crippen LogP contribution in [0.5, 0.6) is 11.5 Å². The molecular weight excluding hydrogens is 320 g/mol. The normalized spacial score (nSPS) is 21.5. The molecule has 0 radical (unpaired) electrons. The zero-order valence-electron chi connectivity index (χ0n) is 13.5. The van der Waals surface area contributed by atoms with Crippen LogP contribution < -0.4 is 20.1 Å². The summed E-state index contributed by atoms with van der Waals surface area (Å²) < 4.78 is 10.7. The van der Waals surface area contributed by atoms with E-state index in [-0.39, 0.29) is 30.7 Å². The Bertz CT molecular complexity index is 806. The molecule has 6 nitrogen and oxygen atoms in total. The third-order valence-electron chi connectivity index (χ3n) is 4.52. The average molecular weight is 338 g/mol. The van der Waals surface area contributed by atoms with Gasteiger partial charge in [0.15, 0.2) is 11.5 Å². The monoisotopic (exact) mass is 338 g/mol. The molecule has 25 heavy (non-hydrogen) atoms. The number of benzene rings is 2. The Balaban J connectivity index is 1.57. The lowest BCUT2D eigenvalue weighted by Gasteiger charge is -2.33. The SMILES string of the molecule is O=C1CC[C@@H](NC(=O)c2cccc3c2OCO3)[C@H](c2ccccc2)N1. The van der Waals surface area contributed by atoms with Crippen molar-refractivity contribution in [1.82, 2.24) is 10.6 Å². The summed E-state index contributed by atoms with van der Waals surface area (Å²) in [7, 11) is 0. The summed E-state index contributed by atoms with van der Waals surface area (Å²) in [4.78, 5) is 24.6. The number of piperidine rings is 1. The van der Waals surface area contributed by atoms with E-state index >= 15 is 0 Å². The molecule has 0 aromatic heterocycles. The van der Waals surface area contributed by atoms with Crippen LogP contribution in [-0.4, -0.2) is 24.6 Å². The van der Waals surface area contributed by atoms with Gasteiger partial charge < -0.3 is 20.1 Å². The third kappa shape index (κ3) is 3.03. The minimum absolute atomic E-state index is 0.00307. The molecule has 2 aliphatic heterocycles. The third-order valence-corrected chi connectivity index (χ3v) is 4.52. The number of hydrogen-bond donors (Lipinski definition) is 2. The van der Waals surface area contributed by atoms with Gasteiger partial charge in [0.2, 0.25) is 12.7 Å². The van der Waals surface area contributed by atoms with Crippen LogP contribution in [0.15, 0.2) is 48.5 Å². The molecular formula is C19H18N2O4. The van der Waals surface area contributed by atoms with Gasteiger partial charge in [0.25, 0.3) is 5.91 Å². The largest absolute Gasteiger partial charge is 0.454 e. The molecule has 4 rings (SSSR count). The fourth-order valence-electron chi connectivity index (χ4n) is 3.29. The summed E-state index contributed by atoms with van der Waals surface area (Å²) in [5, 5.41) is 6.03. The molecule has 2 amide bonds. The van der Waals surface area contributed by atoms with Gasteiger partial charge in [0.05, 0.1) is 17.6 Å². The van der Waals surface area contributed by atoms with Gasteiger partial charge in [-0.25, -0.2) is 0 Å². The van der Waals surface area contributed by atoms with E-state index in [0.717, 1.165) is 5.56 Å². The molecule has 2 aromatic carbocycles. The van der Waals surface area contributed by atoms with Gasteiger partial charge >= 0.3 is 0 Å². The van der Waals surface area contributed by atoms with Crippen molar-refractivity contribution in [3.63, 3.8) is 0 Å². The number of carbonyl (C=O) groups excluding carboxylic acids is 2. The molecule has 128 valence electrons. The first-order valence-corrected chi connectivity index (χ1v) is 8.26. The molecule has 1 fully saturated rings. The summed E-state index contributed by atoms with van der Waals surface area (Å²) in [5.74, 6) is 0.807. The zero-order valence-corrected chi connectivity index (χ0v) is 13.5. The van der Waals surface area contributed by atoms with E-state index in [2.05, 4.69) is 10.6 Å². The van der Waals surface area contributed by atoms with Gasteiger partial charge in [-0.1, -0.05) is 36.4 Å². The summed E-state index contributed by atoms with van der Waals surface area (Å²) in [6.07, 6.45) is 0.976. The molecule has 2 aliphatic rings. The fourth-order valence-corrected chi connectivity index (χ4v) is 3.29. The fraction of sp³-hybridized carbons (Fsp3) is 0.263. The van der Waals surface area contributed by atoms with E-state index in [1.165, 1.54) is 0 Å². The predicted octanol–water partition coefficient (Wildman–Crippen LogP) is 2.17. The van der Waals surface area contributed by atoms with E-state index in [0.29, 0.717) is 29.9 Å². The highest BCUT2D eigenvalue weighted by Gasteiger charge is 2.32. The second-order valence-corrected chi connectivity index (χ2v) is 6.11. The lowest BCUT2D eigenvalue weighted by Crippen LogP contribution is -2.50. The van der Waals surface area contributed by atoms with Gasteiger partial charge in [-0.2, -0.15) is 0 Å². The molecule has 2 N–H and O–H groups in total. The first-order valence-electron chi connectivity index (χ1n) is 8.26. The van der Waals surface area contributed by atoms with E-state index < -0.39 is 0 Å². The van der Waals surface area contributed by atoms with Crippen LogP contribution in [0.4, 0.5) is 0 Å². The Morgan fingerprint density at radius 2 is 1.92 bits per heavy atom. The van der Waals surface area contributed by atoms with Crippen molar-refractivity contribution in [3.05, 3.63) is 59.7 Å². The molecule has 0 aliphatic carbocycles. The summed E-state index contributed by atoms with van der Waals surface area (Å²) in [6.45, 7) is 0.117. The van der Waals surface area contributed by atoms with Crippen molar-refractivity contribution in [2.24, 2.45) is 0 Å². The van der Waals surface area contributed by atoms with E-state index in [1.54, 1.807) is 18.2 Å². The number of fused-ring (bicyclic) bond motifs is 1. The summed E-state index contributed by atoms with van der Waals surface area (Å²) in [5.41, 5.74) is 1.41. The first-order chi connectivity index (χ1) is 12.2. The maximum atomic E-state index is 12.8. The average Bonchev–Trinajstić information content (AvgIpc) is 3.12. The van der Waals surface area contributed by atoms with Crippen LogP contribution in [0.3, 0.4) is 0 Å². The van der Waals surface area contributed by atoms with Crippen LogP contribution in [0.1, 0.15) is 34.8 Å². The second kappa shape index (κ2) is 6.47. The van der Waals surface area contributed by atoms with Gasteiger partial charge in [-0.3, -0.25) is 9.59 Å². The Kier molecular flexibility index (Phi) is 4.01. The van der Waals surface area contributed by atoms with Gasteiger partial charge in [-0.15, -0.1) is 0 Å². The first kappa shape index (κ1) is 15.5. The summed E-state index contributed by atoms with van der Waals surface area (Å²) >= 11 is 0. The lowest BCUT2D eigenvalue weighted by molar-refractivity contribution is -0.123. The topological polar surface area (TPSA) is 76.7 Å². The number of amides is 2. The van der Waals surface area contributed by atoms with Crippen molar-refractivity contribution >= 4 is 11.8 Å². The summed E-state index contributed by atoms with van der Waals surface area (Å²) in [6, 6.07) is 14.5. The number of ether oxygens (including phenoxy) is 2.